The van der Waals surface area contributed by atoms with E-state index in [-0.39, 0.29) is 24.7 Å². The lowest BCUT2D eigenvalue weighted by molar-refractivity contribution is -0.148. The van der Waals surface area contributed by atoms with Gasteiger partial charge in [0.15, 0.2) is 0 Å². The van der Waals surface area contributed by atoms with Gasteiger partial charge in [0, 0.05) is 23.7 Å². The van der Waals surface area contributed by atoms with Crippen molar-refractivity contribution in [3.05, 3.63) is 22.8 Å². The second-order valence-corrected chi connectivity index (χ2v) is 10.4. The van der Waals surface area contributed by atoms with Crippen LogP contribution in [0.25, 0.3) is 0 Å². The maximum Gasteiger partial charge on any atom is 0.316 e. The van der Waals surface area contributed by atoms with Crippen LogP contribution in [0.1, 0.15) is 85.5 Å². The molecular weight excluding hydrogens is 416 g/mol. The number of carbonyl (C=O) groups excluding carboxylic acids is 1. The number of carbonyl (C=O) groups is 2. The molecule has 6 nitrogen and oxygen atoms in total. The van der Waals surface area contributed by atoms with Crippen LogP contribution in [0.15, 0.2) is 22.8 Å². The molecule has 0 aromatic carbocycles. The number of carboxylic acids is 1. The van der Waals surface area contributed by atoms with E-state index in [1.807, 2.05) is 6.08 Å². The molecule has 0 saturated heterocycles. The minimum absolute atomic E-state index is 0.168. The fourth-order valence-electron chi connectivity index (χ4n) is 3.21. The van der Waals surface area contributed by atoms with E-state index < -0.39 is 23.6 Å². The number of aliphatic carboxylic acids is 1. The Bertz CT molecular complexity index is 634. The summed E-state index contributed by atoms with van der Waals surface area (Å²) in [5.41, 5.74) is -0.645. The molecule has 0 heterocycles. The molecule has 0 radical (unpaired) electrons. The van der Waals surface area contributed by atoms with Crippen LogP contribution < -0.4 is 0 Å². The summed E-state index contributed by atoms with van der Waals surface area (Å²) < 4.78 is 5.67. The van der Waals surface area contributed by atoms with Crippen molar-refractivity contribution in [3.8, 4) is 0 Å². The summed E-state index contributed by atoms with van der Waals surface area (Å²) in [4.78, 5) is 23.9. The Labute approximate surface area is 191 Å². The summed E-state index contributed by atoms with van der Waals surface area (Å²) in [6.45, 7) is 7.50. The molecule has 0 aromatic rings. The van der Waals surface area contributed by atoms with Crippen molar-refractivity contribution in [2.45, 2.75) is 97.7 Å². The third-order valence-electron chi connectivity index (χ3n) is 5.15. The largest absolute Gasteiger partial charge is 0.481 e. The fourth-order valence-corrected chi connectivity index (χ4v) is 4.49. The summed E-state index contributed by atoms with van der Waals surface area (Å²) in [5.74, 6) is -0.167. The number of ether oxygens (including phenoxy) is 1. The standard InChI is InChI=1S/C24H40O6S/c1-5-6-8-11-17(25)13-14-18-19(26)16-20(30-23(29)24(2,3)4)22(18)31-15-10-7-9-12-21(27)28/h13-14,17-19,25-26H,5-12,15-16H2,1-4H3,(H,27,28)/b14-13+/t17-,18-,19+/m0/s1. The minimum atomic E-state index is -0.784. The van der Waals surface area contributed by atoms with E-state index in [0.29, 0.717) is 18.6 Å². The average Bonchev–Trinajstić information content (AvgIpc) is 2.96. The molecular formula is C24H40O6S. The molecule has 0 aromatic heterocycles. The van der Waals surface area contributed by atoms with Gasteiger partial charge in [-0.15, -0.1) is 11.8 Å². The molecule has 0 bridgehead atoms. The van der Waals surface area contributed by atoms with E-state index in [2.05, 4.69) is 6.92 Å². The van der Waals surface area contributed by atoms with Gasteiger partial charge in [0.05, 0.1) is 17.6 Å². The number of aliphatic hydroxyl groups excluding tert-OH is 2. The van der Waals surface area contributed by atoms with Gasteiger partial charge >= 0.3 is 11.9 Å². The lowest BCUT2D eigenvalue weighted by Crippen LogP contribution is -2.22. The maximum absolute atomic E-state index is 12.4. The lowest BCUT2D eigenvalue weighted by Gasteiger charge is -2.18. The first-order valence-electron chi connectivity index (χ1n) is 11.4. The highest BCUT2D eigenvalue weighted by Crippen LogP contribution is 2.42. The highest BCUT2D eigenvalue weighted by Gasteiger charge is 2.36. The molecule has 31 heavy (non-hydrogen) atoms. The number of esters is 1. The van der Waals surface area contributed by atoms with Gasteiger partial charge in [-0.25, -0.2) is 0 Å². The van der Waals surface area contributed by atoms with Crippen LogP contribution >= 0.6 is 11.8 Å². The molecule has 0 fully saturated rings. The van der Waals surface area contributed by atoms with Gasteiger partial charge in [0.2, 0.25) is 0 Å². The molecule has 0 spiro atoms. The quantitative estimate of drug-likeness (QED) is 0.191. The zero-order valence-electron chi connectivity index (χ0n) is 19.4. The number of thioether (sulfide) groups is 1. The van der Waals surface area contributed by atoms with Crippen LogP contribution in [-0.4, -0.2) is 45.2 Å². The Morgan fingerprint density at radius 2 is 1.90 bits per heavy atom. The molecule has 0 saturated carbocycles. The van der Waals surface area contributed by atoms with E-state index >= 15 is 0 Å². The summed E-state index contributed by atoms with van der Waals surface area (Å²) >= 11 is 1.55. The molecule has 3 N–H and O–H groups in total. The van der Waals surface area contributed by atoms with Crippen molar-refractivity contribution < 1.29 is 29.6 Å². The zero-order chi connectivity index (χ0) is 23.4. The maximum atomic E-state index is 12.4. The van der Waals surface area contributed by atoms with Crippen LogP contribution in [0.2, 0.25) is 0 Å². The Balaban J connectivity index is 2.83. The Kier molecular flexibility index (Phi) is 12.5. The van der Waals surface area contributed by atoms with E-state index in [1.54, 1.807) is 38.6 Å². The summed E-state index contributed by atoms with van der Waals surface area (Å²) in [5, 5.41) is 29.6. The highest BCUT2D eigenvalue weighted by molar-refractivity contribution is 8.03. The first kappa shape index (κ1) is 27.7. The second-order valence-electron chi connectivity index (χ2n) is 9.23. The Hall–Kier alpha value is -1.31. The van der Waals surface area contributed by atoms with Gasteiger partial charge in [0.25, 0.3) is 0 Å². The topological polar surface area (TPSA) is 104 Å². The van der Waals surface area contributed by atoms with Crippen LogP contribution in [0.5, 0.6) is 0 Å². The first-order valence-corrected chi connectivity index (χ1v) is 12.4. The molecule has 1 aliphatic rings. The number of unbranched alkanes of at least 4 members (excludes halogenated alkanes) is 4. The number of aliphatic hydroxyl groups is 2. The minimum Gasteiger partial charge on any atom is -0.481 e. The van der Waals surface area contributed by atoms with Crippen LogP contribution in [0.4, 0.5) is 0 Å². The summed E-state index contributed by atoms with van der Waals surface area (Å²) in [7, 11) is 0. The summed E-state index contributed by atoms with van der Waals surface area (Å²) in [6.07, 6.45) is 8.87. The van der Waals surface area contributed by atoms with Crippen molar-refractivity contribution in [1.82, 2.24) is 0 Å². The van der Waals surface area contributed by atoms with Crippen LogP contribution in [0.3, 0.4) is 0 Å². The first-order chi connectivity index (χ1) is 14.6. The third kappa shape index (κ3) is 10.7. The fraction of sp³-hybridized carbons (Fsp3) is 0.750. The summed E-state index contributed by atoms with van der Waals surface area (Å²) in [6, 6.07) is 0. The molecule has 3 atom stereocenters. The van der Waals surface area contributed by atoms with Crippen molar-refractivity contribution in [3.63, 3.8) is 0 Å². The average molecular weight is 457 g/mol. The lowest BCUT2D eigenvalue weighted by atomic mass is 9.97. The third-order valence-corrected chi connectivity index (χ3v) is 6.46. The van der Waals surface area contributed by atoms with Gasteiger partial charge in [-0.2, -0.15) is 0 Å². The van der Waals surface area contributed by atoms with Crippen molar-refractivity contribution in [2.24, 2.45) is 11.3 Å². The smallest absolute Gasteiger partial charge is 0.316 e. The monoisotopic (exact) mass is 456 g/mol. The molecule has 1 aliphatic carbocycles. The molecule has 7 heteroatoms. The molecule has 0 amide bonds. The molecule has 178 valence electrons. The van der Waals surface area contributed by atoms with Gasteiger partial charge in [0.1, 0.15) is 5.76 Å². The van der Waals surface area contributed by atoms with Gasteiger partial charge in [-0.05, 0) is 45.8 Å². The Morgan fingerprint density at radius 3 is 2.52 bits per heavy atom. The Morgan fingerprint density at radius 1 is 1.19 bits per heavy atom. The van der Waals surface area contributed by atoms with Gasteiger partial charge < -0.3 is 20.1 Å². The van der Waals surface area contributed by atoms with Gasteiger partial charge in [-0.1, -0.05) is 44.8 Å². The van der Waals surface area contributed by atoms with Gasteiger partial charge in [-0.3, -0.25) is 9.59 Å². The van der Waals surface area contributed by atoms with E-state index in [9.17, 15) is 19.8 Å². The molecule has 0 aliphatic heterocycles. The van der Waals surface area contributed by atoms with Crippen molar-refractivity contribution in [2.75, 3.05) is 5.75 Å². The van der Waals surface area contributed by atoms with Crippen molar-refractivity contribution in [1.29, 1.82) is 0 Å². The van der Waals surface area contributed by atoms with E-state index in [0.717, 1.165) is 42.8 Å². The molecule has 0 unspecified atom stereocenters. The van der Waals surface area contributed by atoms with Crippen LogP contribution in [0, 0.1) is 11.3 Å². The number of hydrogen-bond acceptors (Lipinski definition) is 6. The predicted octanol–water partition coefficient (Wildman–Crippen LogP) is 5.04. The molecule has 1 rings (SSSR count). The predicted molar refractivity (Wildman–Crippen MR) is 125 cm³/mol. The van der Waals surface area contributed by atoms with E-state index in [4.69, 9.17) is 9.84 Å². The van der Waals surface area contributed by atoms with Crippen molar-refractivity contribution >= 4 is 23.7 Å². The van der Waals surface area contributed by atoms with E-state index in [1.165, 1.54) is 0 Å². The zero-order valence-corrected chi connectivity index (χ0v) is 20.2. The van der Waals surface area contributed by atoms with Crippen LogP contribution in [-0.2, 0) is 14.3 Å². The SMILES string of the molecule is CCCCC[C@H](O)/C=C/[C@@H]1C(SCCCCCC(=O)O)=C(OC(=O)C(C)(C)C)C[C@H]1O. The normalized spacial score (nSPS) is 20.5. The second kappa shape index (κ2) is 14.0. The number of hydrogen-bond donors (Lipinski definition) is 3. The highest BCUT2D eigenvalue weighted by atomic mass is 32.2. The number of carboxylic acid groups (broad SMARTS) is 1. The number of rotatable bonds is 14.